The van der Waals surface area contributed by atoms with Crippen molar-refractivity contribution in [3.8, 4) is 11.5 Å². The average molecular weight is 399 g/mol. The fraction of sp³-hybridized carbons (Fsp3) is 0.609. The summed E-state index contributed by atoms with van der Waals surface area (Å²) in [6.07, 6.45) is 10.6. The largest absolute Gasteiger partial charge is 0.493 e. The molecule has 2 aliphatic heterocycles. The van der Waals surface area contributed by atoms with Crippen molar-refractivity contribution < 1.29 is 19.4 Å². The maximum atomic E-state index is 13.1. The van der Waals surface area contributed by atoms with Crippen LogP contribution in [0.25, 0.3) is 0 Å². The molecule has 1 spiro atoms. The van der Waals surface area contributed by atoms with Gasteiger partial charge < -0.3 is 24.8 Å². The molecule has 3 unspecified atom stereocenters. The lowest BCUT2D eigenvalue weighted by molar-refractivity contribution is 0.0819. The van der Waals surface area contributed by atoms with Crippen LogP contribution < -0.4 is 14.8 Å². The summed E-state index contributed by atoms with van der Waals surface area (Å²) in [4.78, 5) is 15.0. The van der Waals surface area contributed by atoms with E-state index in [1.165, 1.54) is 19.3 Å². The molecule has 4 aliphatic rings. The van der Waals surface area contributed by atoms with Crippen molar-refractivity contribution in [2.75, 3.05) is 13.7 Å². The van der Waals surface area contributed by atoms with E-state index in [4.69, 9.17) is 9.47 Å². The number of urea groups is 1. The zero-order valence-corrected chi connectivity index (χ0v) is 17.0. The summed E-state index contributed by atoms with van der Waals surface area (Å²) in [5.41, 5.74) is 1.94. The first-order valence-corrected chi connectivity index (χ1v) is 10.9. The Kier molecular flexibility index (Phi) is 4.69. The van der Waals surface area contributed by atoms with Gasteiger partial charge in [-0.2, -0.15) is 0 Å². The van der Waals surface area contributed by atoms with Gasteiger partial charge in [0.1, 0.15) is 6.10 Å². The van der Waals surface area contributed by atoms with Crippen LogP contribution in [-0.2, 0) is 12.0 Å². The van der Waals surface area contributed by atoms with Crippen LogP contribution in [0.1, 0.15) is 56.1 Å². The normalized spacial score (nSPS) is 30.8. The Balaban J connectivity index is 1.47. The van der Waals surface area contributed by atoms with Crippen LogP contribution in [0.3, 0.4) is 0 Å². The van der Waals surface area contributed by atoms with Gasteiger partial charge in [0.2, 0.25) is 0 Å². The number of carbonyl (C=O) groups is 1. The van der Waals surface area contributed by atoms with Gasteiger partial charge >= 0.3 is 6.03 Å². The summed E-state index contributed by atoms with van der Waals surface area (Å²) in [6, 6.07) is 4.33. The molecule has 2 aliphatic carbocycles. The molecule has 2 amide bonds. The lowest BCUT2D eigenvalue weighted by atomic mass is 9.69. The highest BCUT2D eigenvalue weighted by molar-refractivity contribution is 5.75. The minimum Gasteiger partial charge on any atom is -0.493 e. The molecular weight excluding hydrogens is 368 g/mol. The summed E-state index contributed by atoms with van der Waals surface area (Å²) in [5.74, 6) is 1.50. The van der Waals surface area contributed by atoms with E-state index < -0.39 is 6.10 Å². The van der Waals surface area contributed by atoms with Gasteiger partial charge in [-0.15, -0.1) is 0 Å². The number of nitrogens with zero attached hydrogens (tertiary/aromatic N) is 1. The monoisotopic (exact) mass is 398 g/mol. The van der Waals surface area contributed by atoms with Crippen LogP contribution in [0.5, 0.6) is 11.5 Å². The summed E-state index contributed by atoms with van der Waals surface area (Å²) in [6.45, 7) is 1.23. The molecule has 0 saturated heterocycles. The predicted octanol–water partition coefficient (Wildman–Crippen LogP) is 3.26. The fourth-order valence-corrected chi connectivity index (χ4v) is 5.62. The number of hydrogen-bond donors (Lipinski definition) is 2. The Morgan fingerprint density at radius 2 is 2.14 bits per heavy atom. The number of hydrogen-bond acceptors (Lipinski definition) is 4. The number of benzene rings is 1. The fourth-order valence-electron chi connectivity index (χ4n) is 5.62. The molecule has 0 bridgehead atoms. The molecule has 0 radical (unpaired) electrons. The van der Waals surface area contributed by atoms with Gasteiger partial charge in [-0.1, -0.05) is 37.5 Å². The second-order valence-corrected chi connectivity index (χ2v) is 8.90. The molecule has 6 nitrogen and oxygen atoms in total. The van der Waals surface area contributed by atoms with Crippen molar-refractivity contribution in [1.29, 1.82) is 0 Å². The van der Waals surface area contributed by atoms with Crippen LogP contribution in [0.2, 0.25) is 0 Å². The van der Waals surface area contributed by atoms with Crippen molar-refractivity contribution in [2.24, 2.45) is 0 Å². The standard InChI is InChI=1S/C23H30N2O4/c1-28-18-8-7-15-14-25(22(27)24-16-5-3-2-4-6-16)12-11-23-10-9-17(26)13-19(23)29-21(18)20(15)23/h7-10,16-17,19,26H,2-6,11-14H2,1H3,(H,24,27). The summed E-state index contributed by atoms with van der Waals surface area (Å²) < 4.78 is 11.9. The Bertz CT molecular complexity index is 832. The topological polar surface area (TPSA) is 71.0 Å². The molecule has 2 N–H and O–H groups in total. The number of rotatable bonds is 2. The minimum absolute atomic E-state index is 0.0372. The van der Waals surface area contributed by atoms with Crippen LogP contribution in [-0.4, -0.2) is 47.9 Å². The molecular formula is C23H30N2O4. The highest BCUT2D eigenvalue weighted by Crippen LogP contribution is 2.55. The predicted molar refractivity (Wildman–Crippen MR) is 109 cm³/mol. The quantitative estimate of drug-likeness (QED) is 0.750. The number of aliphatic hydroxyl groups is 1. The smallest absolute Gasteiger partial charge is 0.317 e. The van der Waals surface area contributed by atoms with E-state index in [0.29, 0.717) is 25.6 Å². The van der Waals surface area contributed by atoms with Gasteiger partial charge in [0.05, 0.1) is 18.6 Å². The first-order chi connectivity index (χ1) is 14.1. The van der Waals surface area contributed by atoms with Crippen molar-refractivity contribution in [2.45, 2.75) is 75.2 Å². The number of aliphatic hydroxyl groups excluding tert-OH is 1. The molecule has 1 saturated carbocycles. The van der Waals surface area contributed by atoms with E-state index in [1.807, 2.05) is 17.0 Å². The van der Waals surface area contributed by atoms with Gasteiger partial charge in [-0.05, 0) is 30.9 Å². The maximum absolute atomic E-state index is 13.1. The second-order valence-electron chi connectivity index (χ2n) is 8.90. The molecule has 5 rings (SSSR count). The van der Waals surface area contributed by atoms with Crippen LogP contribution in [0.4, 0.5) is 4.79 Å². The third kappa shape index (κ3) is 3.08. The van der Waals surface area contributed by atoms with Crippen LogP contribution in [0, 0.1) is 0 Å². The van der Waals surface area contributed by atoms with Crippen molar-refractivity contribution in [3.63, 3.8) is 0 Å². The highest BCUT2D eigenvalue weighted by atomic mass is 16.5. The molecule has 6 heteroatoms. The van der Waals surface area contributed by atoms with Gasteiger partial charge in [0.15, 0.2) is 11.5 Å². The first kappa shape index (κ1) is 18.8. The van der Waals surface area contributed by atoms with Crippen LogP contribution in [0.15, 0.2) is 24.3 Å². The van der Waals surface area contributed by atoms with Crippen LogP contribution >= 0.6 is 0 Å². The third-order valence-electron chi connectivity index (χ3n) is 7.18. The number of amides is 2. The molecule has 0 aromatic heterocycles. The Morgan fingerprint density at radius 1 is 1.31 bits per heavy atom. The minimum atomic E-state index is -0.497. The lowest BCUT2D eigenvalue weighted by Crippen LogP contribution is -2.47. The number of carbonyl (C=O) groups excluding carboxylic acids is 1. The third-order valence-corrected chi connectivity index (χ3v) is 7.18. The summed E-state index contributed by atoms with van der Waals surface area (Å²) in [7, 11) is 1.65. The second kappa shape index (κ2) is 7.24. The molecule has 1 aromatic carbocycles. The Morgan fingerprint density at radius 3 is 2.93 bits per heavy atom. The van der Waals surface area contributed by atoms with Gasteiger partial charge in [0.25, 0.3) is 0 Å². The van der Waals surface area contributed by atoms with Crippen molar-refractivity contribution in [1.82, 2.24) is 10.2 Å². The van der Waals surface area contributed by atoms with Gasteiger partial charge in [-0.25, -0.2) is 4.79 Å². The van der Waals surface area contributed by atoms with E-state index in [1.54, 1.807) is 7.11 Å². The van der Waals surface area contributed by atoms with Crippen molar-refractivity contribution >= 4 is 6.03 Å². The SMILES string of the molecule is COc1ccc2c3c1OC1CC(O)C=CC31CCN(C(=O)NC1CCCCC1)C2. The summed E-state index contributed by atoms with van der Waals surface area (Å²) in [5, 5.41) is 13.4. The molecule has 29 heavy (non-hydrogen) atoms. The van der Waals surface area contributed by atoms with Crippen molar-refractivity contribution in [3.05, 3.63) is 35.4 Å². The van der Waals surface area contributed by atoms with Gasteiger partial charge in [-0.3, -0.25) is 0 Å². The van der Waals surface area contributed by atoms with E-state index in [0.717, 1.165) is 41.9 Å². The first-order valence-electron chi connectivity index (χ1n) is 10.9. The number of ether oxygens (including phenoxy) is 2. The zero-order valence-electron chi connectivity index (χ0n) is 17.0. The molecule has 1 aromatic rings. The Hall–Kier alpha value is -2.21. The van der Waals surface area contributed by atoms with E-state index in [9.17, 15) is 9.90 Å². The van der Waals surface area contributed by atoms with Gasteiger partial charge in [0, 0.05) is 31.1 Å². The molecule has 2 heterocycles. The van der Waals surface area contributed by atoms with E-state index >= 15 is 0 Å². The lowest BCUT2D eigenvalue weighted by Gasteiger charge is -2.36. The van der Waals surface area contributed by atoms with E-state index in [-0.39, 0.29) is 17.6 Å². The summed E-state index contributed by atoms with van der Waals surface area (Å²) >= 11 is 0. The number of nitrogens with one attached hydrogen (secondary N) is 1. The van der Waals surface area contributed by atoms with E-state index in [2.05, 4.69) is 17.5 Å². The molecule has 3 atom stereocenters. The maximum Gasteiger partial charge on any atom is 0.317 e. The number of methoxy groups -OCH3 is 1. The average Bonchev–Trinajstić information content (AvgIpc) is 2.96. The highest BCUT2D eigenvalue weighted by Gasteiger charge is 2.53. The molecule has 1 fully saturated rings. The molecule has 156 valence electrons. The zero-order chi connectivity index (χ0) is 20.0. The Labute approximate surface area is 171 Å².